The average Bonchev–Trinajstić information content (AvgIpc) is 2.45. The van der Waals surface area contributed by atoms with Crippen molar-refractivity contribution < 1.29 is 0 Å². The van der Waals surface area contributed by atoms with Gasteiger partial charge in [-0.15, -0.1) is 0 Å². The first-order chi connectivity index (χ1) is 9.29. The van der Waals surface area contributed by atoms with Gasteiger partial charge >= 0.3 is 0 Å². The van der Waals surface area contributed by atoms with Crippen LogP contribution in [0, 0.1) is 0 Å². The normalized spacial score (nSPS) is 11.3. The van der Waals surface area contributed by atoms with Crippen LogP contribution in [-0.2, 0) is 6.42 Å². The summed E-state index contributed by atoms with van der Waals surface area (Å²) in [6.07, 6.45) is 3.44. The highest BCUT2D eigenvalue weighted by Gasteiger charge is 2.00. The highest BCUT2D eigenvalue weighted by molar-refractivity contribution is 5.82. The maximum Gasteiger partial charge on any atom is 0.00188 e. The fourth-order valence-electron chi connectivity index (χ4n) is 2.35. The van der Waals surface area contributed by atoms with Gasteiger partial charge in [0, 0.05) is 6.54 Å². The molecular formula is C17H24N2. The summed E-state index contributed by atoms with van der Waals surface area (Å²) in [4.78, 5) is 2.39. The van der Waals surface area contributed by atoms with Gasteiger partial charge in [-0.3, -0.25) is 0 Å². The van der Waals surface area contributed by atoms with Crippen LogP contribution in [0.2, 0.25) is 0 Å². The van der Waals surface area contributed by atoms with E-state index >= 15 is 0 Å². The minimum atomic E-state index is 0.804. The van der Waals surface area contributed by atoms with Crippen molar-refractivity contribution >= 4 is 10.8 Å². The summed E-state index contributed by atoms with van der Waals surface area (Å²) in [5.74, 6) is 0. The number of hydrogen-bond donors (Lipinski definition) is 1. The van der Waals surface area contributed by atoms with Crippen LogP contribution >= 0.6 is 0 Å². The summed E-state index contributed by atoms with van der Waals surface area (Å²) in [6, 6.07) is 15.3. The van der Waals surface area contributed by atoms with Crippen molar-refractivity contribution in [2.24, 2.45) is 5.73 Å². The van der Waals surface area contributed by atoms with Crippen LogP contribution in [0.25, 0.3) is 10.8 Å². The number of nitrogens with two attached hydrogens (primary N) is 1. The second-order valence-corrected chi connectivity index (χ2v) is 5.23. The molecule has 0 heterocycles. The molecule has 102 valence electrons. The molecule has 0 aliphatic heterocycles. The molecule has 0 fully saturated rings. The molecule has 2 aromatic carbocycles. The van der Waals surface area contributed by atoms with E-state index in [1.165, 1.54) is 22.8 Å². The number of rotatable bonds is 7. The predicted molar refractivity (Wildman–Crippen MR) is 83.4 cm³/mol. The molecule has 0 radical (unpaired) electrons. The van der Waals surface area contributed by atoms with E-state index in [0.29, 0.717) is 0 Å². The molecule has 0 unspecified atom stereocenters. The van der Waals surface area contributed by atoms with E-state index in [4.69, 9.17) is 5.73 Å². The summed E-state index contributed by atoms with van der Waals surface area (Å²) >= 11 is 0. The first-order valence-electron chi connectivity index (χ1n) is 7.16. The van der Waals surface area contributed by atoms with Crippen molar-refractivity contribution in [2.75, 3.05) is 26.7 Å². The zero-order valence-corrected chi connectivity index (χ0v) is 11.8. The monoisotopic (exact) mass is 256 g/mol. The Balaban J connectivity index is 1.87. The smallest absolute Gasteiger partial charge is 0.00188 e. The zero-order chi connectivity index (χ0) is 13.5. The molecule has 0 spiro atoms. The van der Waals surface area contributed by atoms with Gasteiger partial charge < -0.3 is 10.6 Å². The van der Waals surface area contributed by atoms with Gasteiger partial charge in [-0.25, -0.2) is 0 Å². The summed E-state index contributed by atoms with van der Waals surface area (Å²) in [5, 5.41) is 2.66. The molecule has 2 heteroatoms. The van der Waals surface area contributed by atoms with E-state index in [2.05, 4.69) is 54.4 Å². The van der Waals surface area contributed by atoms with Crippen molar-refractivity contribution in [3.63, 3.8) is 0 Å². The first-order valence-corrected chi connectivity index (χ1v) is 7.16. The second-order valence-electron chi connectivity index (χ2n) is 5.23. The van der Waals surface area contributed by atoms with Crippen molar-refractivity contribution in [1.82, 2.24) is 4.90 Å². The minimum absolute atomic E-state index is 0.804. The Morgan fingerprint density at radius 1 is 0.947 bits per heavy atom. The molecule has 2 rings (SSSR count). The average molecular weight is 256 g/mol. The number of hydrogen-bond acceptors (Lipinski definition) is 2. The van der Waals surface area contributed by atoms with E-state index in [9.17, 15) is 0 Å². The van der Waals surface area contributed by atoms with E-state index < -0.39 is 0 Å². The molecule has 0 saturated carbocycles. The number of benzene rings is 2. The molecule has 0 bridgehead atoms. The standard InChI is InChI=1S/C17H24N2/c1-19(12-5-4-11-18)13-10-15-8-9-16-6-2-3-7-17(16)14-15/h2-3,6-9,14H,4-5,10-13,18H2,1H3. The van der Waals surface area contributed by atoms with Crippen LogP contribution < -0.4 is 5.73 Å². The largest absolute Gasteiger partial charge is 0.330 e. The predicted octanol–water partition coefficient (Wildman–Crippen LogP) is 3.05. The molecular weight excluding hydrogens is 232 g/mol. The summed E-state index contributed by atoms with van der Waals surface area (Å²) in [7, 11) is 2.19. The minimum Gasteiger partial charge on any atom is -0.330 e. The maximum absolute atomic E-state index is 5.51. The lowest BCUT2D eigenvalue weighted by molar-refractivity contribution is 0.331. The lowest BCUT2D eigenvalue weighted by Gasteiger charge is -2.16. The Morgan fingerprint density at radius 2 is 1.74 bits per heavy atom. The summed E-state index contributed by atoms with van der Waals surface area (Å²) < 4.78 is 0. The summed E-state index contributed by atoms with van der Waals surface area (Å²) in [5.41, 5.74) is 6.93. The third-order valence-corrected chi connectivity index (χ3v) is 3.59. The molecule has 19 heavy (non-hydrogen) atoms. The highest BCUT2D eigenvalue weighted by Crippen LogP contribution is 2.16. The lowest BCUT2D eigenvalue weighted by Crippen LogP contribution is -2.23. The number of nitrogens with zero attached hydrogens (tertiary/aromatic N) is 1. The van der Waals surface area contributed by atoms with Crippen molar-refractivity contribution in [2.45, 2.75) is 19.3 Å². The molecule has 0 aromatic heterocycles. The third-order valence-electron chi connectivity index (χ3n) is 3.59. The van der Waals surface area contributed by atoms with Gasteiger partial charge in [0.25, 0.3) is 0 Å². The Kier molecular flexibility index (Phi) is 5.37. The topological polar surface area (TPSA) is 29.3 Å². The van der Waals surface area contributed by atoms with Crippen molar-refractivity contribution in [3.05, 3.63) is 48.0 Å². The Morgan fingerprint density at radius 3 is 2.53 bits per heavy atom. The third kappa shape index (κ3) is 4.34. The van der Waals surface area contributed by atoms with Gasteiger partial charge in [-0.1, -0.05) is 42.5 Å². The first kappa shape index (κ1) is 14.0. The van der Waals surface area contributed by atoms with Crippen molar-refractivity contribution in [1.29, 1.82) is 0 Å². The molecule has 0 atom stereocenters. The highest BCUT2D eigenvalue weighted by atomic mass is 15.1. The van der Waals surface area contributed by atoms with Crippen LogP contribution in [0.1, 0.15) is 18.4 Å². The Hall–Kier alpha value is -1.38. The molecule has 2 aromatic rings. The number of likely N-dealkylation sites (N-methyl/N-ethyl adjacent to an activating group) is 1. The quantitative estimate of drug-likeness (QED) is 0.771. The molecule has 0 aliphatic carbocycles. The number of unbranched alkanes of at least 4 members (excludes halogenated alkanes) is 1. The zero-order valence-electron chi connectivity index (χ0n) is 11.8. The lowest BCUT2D eigenvalue weighted by atomic mass is 10.1. The van der Waals surface area contributed by atoms with E-state index in [1.807, 2.05) is 0 Å². The van der Waals surface area contributed by atoms with Gasteiger partial charge in [-0.2, -0.15) is 0 Å². The molecule has 0 amide bonds. The van der Waals surface area contributed by atoms with E-state index in [0.717, 1.165) is 32.5 Å². The molecule has 2 N–H and O–H groups in total. The fraction of sp³-hybridized carbons (Fsp3) is 0.412. The molecule has 2 nitrogen and oxygen atoms in total. The van der Waals surface area contributed by atoms with Crippen LogP contribution in [0.4, 0.5) is 0 Å². The number of fused-ring (bicyclic) bond motifs is 1. The van der Waals surface area contributed by atoms with Gasteiger partial charge in [-0.05, 0) is 55.7 Å². The van der Waals surface area contributed by atoms with Gasteiger partial charge in [0.05, 0.1) is 0 Å². The fourth-order valence-corrected chi connectivity index (χ4v) is 2.35. The summed E-state index contributed by atoms with van der Waals surface area (Å²) in [6.45, 7) is 3.06. The van der Waals surface area contributed by atoms with Crippen LogP contribution in [-0.4, -0.2) is 31.6 Å². The van der Waals surface area contributed by atoms with Gasteiger partial charge in [0.1, 0.15) is 0 Å². The second kappa shape index (κ2) is 7.27. The van der Waals surface area contributed by atoms with Crippen LogP contribution in [0.5, 0.6) is 0 Å². The molecule has 0 aliphatic rings. The van der Waals surface area contributed by atoms with Crippen LogP contribution in [0.15, 0.2) is 42.5 Å². The van der Waals surface area contributed by atoms with Crippen LogP contribution in [0.3, 0.4) is 0 Å². The van der Waals surface area contributed by atoms with E-state index in [1.54, 1.807) is 0 Å². The Labute approximate surface area is 116 Å². The van der Waals surface area contributed by atoms with E-state index in [-0.39, 0.29) is 0 Å². The molecule has 0 saturated heterocycles. The van der Waals surface area contributed by atoms with Crippen molar-refractivity contribution in [3.8, 4) is 0 Å². The van der Waals surface area contributed by atoms with Gasteiger partial charge in [0.15, 0.2) is 0 Å². The van der Waals surface area contributed by atoms with Gasteiger partial charge in [0.2, 0.25) is 0 Å². The Bertz CT molecular complexity index is 507. The SMILES string of the molecule is CN(CCCCN)CCc1ccc2ccccc2c1. The maximum atomic E-state index is 5.51.